The zero-order chi connectivity index (χ0) is 12.3. The average Bonchev–Trinajstić information content (AvgIpc) is 2.32. The van der Waals surface area contributed by atoms with Gasteiger partial charge in [0, 0.05) is 5.70 Å². The summed E-state index contributed by atoms with van der Waals surface area (Å²) in [6.45, 7) is 3.91. The van der Waals surface area contributed by atoms with Gasteiger partial charge in [-0.15, -0.1) is 0 Å². The highest BCUT2D eigenvalue weighted by Crippen LogP contribution is 2.22. The number of nitrogens with one attached hydrogen (secondary N) is 3. The summed E-state index contributed by atoms with van der Waals surface area (Å²) in [5, 5.41) is 6.13. The first-order chi connectivity index (χ1) is 8.16. The molecular formula is C11H17N5O. The molecule has 0 fully saturated rings. The molecule has 0 bridgehead atoms. The molecule has 2 rings (SSSR count). The van der Waals surface area contributed by atoms with Gasteiger partial charge in [-0.2, -0.15) is 10.1 Å². The molecule has 0 unspecified atom stereocenters. The quantitative estimate of drug-likeness (QED) is 0.686. The van der Waals surface area contributed by atoms with Gasteiger partial charge in [0.05, 0.1) is 0 Å². The Balaban J connectivity index is 2.07. The van der Waals surface area contributed by atoms with Crippen molar-refractivity contribution in [2.45, 2.75) is 39.5 Å². The molecule has 6 heteroatoms. The lowest BCUT2D eigenvalue weighted by Crippen LogP contribution is -2.27. The number of rotatable bonds is 3. The number of nitrogens with zero attached hydrogens (tertiary/aromatic N) is 2. The van der Waals surface area contributed by atoms with E-state index in [1.807, 2.05) is 0 Å². The van der Waals surface area contributed by atoms with E-state index in [0.717, 1.165) is 12.8 Å². The number of H-pyrrole nitrogens is 1. The first-order valence-corrected chi connectivity index (χ1v) is 5.81. The van der Waals surface area contributed by atoms with Crippen molar-refractivity contribution < 1.29 is 0 Å². The van der Waals surface area contributed by atoms with E-state index in [-0.39, 0.29) is 0 Å². The monoisotopic (exact) mass is 235 g/mol. The molecule has 1 aliphatic rings. The molecule has 0 aliphatic heterocycles. The van der Waals surface area contributed by atoms with E-state index in [9.17, 15) is 4.79 Å². The molecule has 0 saturated heterocycles. The van der Waals surface area contributed by atoms with Crippen LogP contribution in [0.25, 0.3) is 0 Å². The number of aromatic amines is 1. The van der Waals surface area contributed by atoms with E-state index < -0.39 is 5.69 Å². The van der Waals surface area contributed by atoms with Crippen LogP contribution in [0.1, 0.15) is 38.3 Å². The molecule has 0 amide bonds. The second-order valence-electron chi connectivity index (χ2n) is 4.29. The van der Waals surface area contributed by atoms with E-state index in [2.05, 4.69) is 33.0 Å². The van der Waals surface area contributed by atoms with Crippen molar-refractivity contribution in [3.05, 3.63) is 27.4 Å². The highest BCUT2D eigenvalue weighted by atomic mass is 16.1. The molecule has 6 nitrogen and oxygen atoms in total. The Morgan fingerprint density at radius 1 is 1.18 bits per heavy atom. The van der Waals surface area contributed by atoms with Gasteiger partial charge >= 0.3 is 5.69 Å². The molecule has 1 heterocycles. The number of allylic oxidation sites excluding steroid dienone is 2. The minimum atomic E-state index is -0.450. The Bertz CT molecular complexity index is 491. The average molecular weight is 235 g/mol. The number of hydrazine groups is 1. The third-order valence-corrected chi connectivity index (χ3v) is 2.95. The topological polar surface area (TPSA) is 82.7 Å². The Morgan fingerprint density at radius 3 is 2.71 bits per heavy atom. The number of aryl methyl sites for hydroxylation is 1. The molecule has 17 heavy (non-hydrogen) atoms. The lowest BCUT2D eigenvalue weighted by molar-refractivity contribution is 0.635. The van der Waals surface area contributed by atoms with Crippen LogP contribution in [0.2, 0.25) is 0 Å². The maximum absolute atomic E-state index is 11.0. The smallest absolute Gasteiger partial charge is 0.304 e. The van der Waals surface area contributed by atoms with Gasteiger partial charge in [0.2, 0.25) is 0 Å². The fraction of sp³-hybridized carbons (Fsp3) is 0.545. The number of hydrogen-bond acceptors (Lipinski definition) is 5. The molecule has 1 aliphatic carbocycles. The van der Waals surface area contributed by atoms with E-state index in [1.54, 1.807) is 6.92 Å². The molecule has 1 aromatic heterocycles. The summed E-state index contributed by atoms with van der Waals surface area (Å²) in [6.07, 6.45) is 4.61. The minimum Gasteiger partial charge on any atom is -0.304 e. The highest BCUT2D eigenvalue weighted by Gasteiger charge is 2.09. The maximum atomic E-state index is 11.0. The first kappa shape index (κ1) is 11.6. The molecule has 3 N–H and O–H groups in total. The molecule has 0 aromatic carbocycles. The lowest BCUT2D eigenvalue weighted by atomic mass is 9.98. The molecule has 0 spiro atoms. The van der Waals surface area contributed by atoms with Crippen molar-refractivity contribution in [2.24, 2.45) is 0 Å². The van der Waals surface area contributed by atoms with Crippen LogP contribution < -0.4 is 16.5 Å². The summed E-state index contributed by atoms with van der Waals surface area (Å²) >= 11 is 0. The summed E-state index contributed by atoms with van der Waals surface area (Å²) in [4.78, 5) is 14.9. The van der Waals surface area contributed by atoms with Crippen LogP contribution in [0.3, 0.4) is 0 Å². The molecule has 0 radical (unpaired) electrons. The van der Waals surface area contributed by atoms with Gasteiger partial charge in [0.15, 0.2) is 5.82 Å². The second kappa shape index (κ2) is 4.99. The van der Waals surface area contributed by atoms with Crippen molar-refractivity contribution in [3.8, 4) is 0 Å². The zero-order valence-electron chi connectivity index (χ0n) is 10.1. The van der Waals surface area contributed by atoms with Gasteiger partial charge in [0.1, 0.15) is 5.69 Å². The van der Waals surface area contributed by atoms with Gasteiger partial charge in [0.25, 0.3) is 0 Å². The van der Waals surface area contributed by atoms with Gasteiger partial charge in [-0.05, 0) is 39.5 Å². The van der Waals surface area contributed by atoms with E-state index >= 15 is 0 Å². The van der Waals surface area contributed by atoms with E-state index in [4.69, 9.17) is 0 Å². The Hall–Kier alpha value is -1.85. The number of hydrogen-bond donors (Lipinski definition) is 3. The standard InChI is InChI=1S/C11H17N5O/c1-7-5-3-4-6-9(7)14-15-10-8(2)13-16-11(17)12-10/h14H,3-6H2,1-2H3,(H2,12,15,16,17). The Labute approximate surface area is 99.5 Å². The van der Waals surface area contributed by atoms with Gasteiger partial charge < -0.3 is 5.43 Å². The van der Waals surface area contributed by atoms with Gasteiger partial charge in [-0.3, -0.25) is 5.43 Å². The third-order valence-electron chi connectivity index (χ3n) is 2.95. The zero-order valence-corrected chi connectivity index (χ0v) is 10.1. The Kier molecular flexibility index (Phi) is 3.41. The van der Waals surface area contributed by atoms with Crippen LogP contribution in [0.15, 0.2) is 16.1 Å². The van der Waals surface area contributed by atoms with Crippen molar-refractivity contribution in [2.75, 3.05) is 5.43 Å². The third kappa shape index (κ3) is 2.83. The Morgan fingerprint density at radius 2 is 1.94 bits per heavy atom. The van der Waals surface area contributed by atoms with Crippen LogP contribution in [0, 0.1) is 6.92 Å². The van der Waals surface area contributed by atoms with Crippen LogP contribution in [0.5, 0.6) is 0 Å². The minimum absolute atomic E-state index is 0.450. The van der Waals surface area contributed by atoms with Crippen molar-refractivity contribution in [3.63, 3.8) is 0 Å². The summed E-state index contributed by atoms with van der Waals surface area (Å²) in [5.41, 5.74) is 8.84. The van der Waals surface area contributed by atoms with Crippen LogP contribution in [0.4, 0.5) is 5.82 Å². The van der Waals surface area contributed by atoms with Crippen LogP contribution in [-0.4, -0.2) is 15.2 Å². The molecule has 1 aromatic rings. The molecule has 0 saturated carbocycles. The largest absolute Gasteiger partial charge is 0.363 e. The maximum Gasteiger partial charge on any atom is 0.363 e. The normalized spacial score (nSPS) is 15.9. The molecule has 92 valence electrons. The second-order valence-corrected chi connectivity index (χ2v) is 4.29. The van der Waals surface area contributed by atoms with Crippen molar-refractivity contribution in [1.29, 1.82) is 0 Å². The highest BCUT2D eigenvalue weighted by molar-refractivity contribution is 5.37. The van der Waals surface area contributed by atoms with E-state index in [0.29, 0.717) is 11.5 Å². The van der Waals surface area contributed by atoms with E-state index in [1.165, 1.54) is 24.1 Å². The summed E-state index contributed by atoms with van der Waals surface area (Å²) in [7, 11) is 0. The molecular weight excluding hydrogens is 218 g/mol. The fourth-order valence-corrected chi connectivity index (χ4v) is 1.87. The van der Waals surface area contributed by atoms with Crippen molar-refractivity contribution in [1.82, 2.24) is 20.6 Å². The lowest BCUT2D eigenvalue weighted by Gasteiger charge is -2.20. The van der Waals surface area contributed by atoms with Crippen LogP contribution in [-0.2, 0) is 0 Å². The fourth-order valence-electron chi connectivity index (χ4n) is 1.87. The summed E-state index contributed by atoms with van der Waals surface area (Å²) in [5.74, 6) is 0.472. The number of anilines is 1. The van der Waals surface area contributed by atoms with Crippen molar-refractivity contribution >= 4 is 5.82 Å². The predicted octanol–water partition coefficient (Wildman–Crippen LogP) is 1.24. The van der Waals surface area contributed by atoms with Gasteiger partial charge in [-0.25, -0.2) is 9.89 Å². The molecule has 0 atom stereocenters. The van der Waals surface area contributed by atoms with Gasteiger partial charge in [-0.1, -0.05) is 5.57 Å². The SMILES string of the molecule is CC1=C(NNc2nc(=O)[nH]nc2C)CCCC1. The number of aromatic nitrogens is 3. The van der Waals surface area contributed by atoms with Crippen LogP contribution >= 0.6 is 0 Å². The predicted molar refractivity (Wildman–Crippen MR) is 65.3 cm³/mol. The summed E-state index contributed by atoms with van der Waals surface area (Å²) < 4.78 is 0. The first-order valence-electron chi connectivity index (χ1n) is 5.81. The summed E-state index contributed by atoms with van der Waals surface area (Å²) in [6, 6.07) is 0.